The van der Waals surface area contributed by atoms with Gasteiger partial charge in [-0.3, -0.25) is 9.78 Å². The fourth-order valence-corrected chi connectivity index (χ4v) is 4.54. The Labute approximate surface area is 208 Å². The van der Waals surface area contributed by atoms with Gasteiger partial charge in [0.05, 0.1) is 11.4 Å². The van der Waals surface area contributed by atoms with Crippen LogP contribution in [0.2, 0.25) is 0 Å². The van der Waals surface area contributed by atoms with Gasteiger partial charge >= 0.3 is 12.4 Å². The van der Waals surface area contributed by atoms with Gasteiger partial charge in [0.2, 0.25) is 0 Å². The Morgan fingerprint density at radius 1 is 1.06 bits per heavy atom. The van der Waals surface area contributed by atoms with Crippen molar-refractivity contribution in [3.8, 4) is 5.75 Å². The van der Waals surface area contributed by atoms with Gasteiger partial charge in [-0.25, -0.2) is 9.69 Å². The monoisotopic (exact) mass is 505 g/mol. The molecule has 36 heavy (non-hydrogen) atoms. The second-order valence-corrected chi connectivity index (χ2v) is 9.48. The maximum absolute atomic E-state index is 13.4. The predicted octanol–water partition coefficient (Wildman–Crippen LogP) is 4.63. The van der Waals surface area contributed by atoms with Gasteiger partial charge in [-0.2, -0.15) is 0 Å². The normalized spacial score (nSPS) is 18.6. The number of carbonyl (C=O) groups excluding carboxylic acids is 2. The van der Waals surface area contributed by atoms with Gasteiger partial charge in [-0.15, -0.1) is 13.2 Å². The molecule has 2 saturated heterocycles. The number of likely N-dealkylation sites (tertiary alicyclic amines) is 1. The molecule has 1 aromatic heterocycles. The van der Waals surface area contributed by atoms with Gasteiger partial charge in [0.25, 0.3) is 5.91 Å². The lowest BCUT2D eigenvalue weighted by molar-refractivity contribution is -0.274. The highest BCUT2D eigenvalue weighted by atomic mass is 19.4. The Balaban J connectivity index is 1.58. The number of nitrogens with zero attached hydrogens (tertiary/aromatic N) is 4. The zero-order valence-corrected chi connectivity index (χ0v) is 20.3. The highest BCUT2D eigenvalue weighted by Crippen LogP contribution is 2.38. The van der Waals surface area contributed by atoms with Crippen molar-refractivity contribution in [2.24, 2.45) is 0 Å². The minimum atomic E-state index is -4.88. The molecule has 3 amide bonds. The zero-order chi connectivity index (χ0) is 25.9. The van der Waals surface area contributed by atoms with E-state index in [0.717, 1.165) is 42.5 Å². The quantitative estimate of drug-likeness (QED) is 0.528. The number of rotatable bonds is 8. The van der Waals surface area contributed by atoms with E-state index >= 15 is 0 Å². The maximum Gasteiger partial charge on any atom is 0.573 e. The molecule has 1 N–H and O–H groups in total. The van der Waals surface area contributed by atoms with Crippen LogP contribution in [0.1, 0.15) is 38.7 Å². The van der Waals surface area contributed by atoms with Gasteiger partial charge in [0.15, 0.2) is 5.75 Å². The van der Waals surface area contributed by atoms with Gasteiger partial charge in [-0.1, -0.05) is 6.42 Å². The zero-order valence-electron chi connectivity index (χ0n) is 20.3. The first-order valence-corrected chi connectivity index (χ1v) is 12.0. The summed E-state index contributed by atoms with van der Waals surface area (Å²) >= 11 is 0. The summed E-state index contributed by atoms with van der Waals surface area (Å²) in [6.07, 6.45) is 1.70. The number of hydrogen-bond acceptors (Lipinski definition) is 6. The van der Waals surface area contributed by atoms with Crippen LogP contribution in [0.25, 0.3) is 0 Å². The van der Waals surface area contributed by atoms with Crippen LogP contribution in [-0.4, -0.2) is 64.8 Å². The van der Waals surface area contributed by atoms with E-state index < -0.39 is 29.6 Å². The SMILES string of the molecule is CC1(C)C(=O)N(c2ccc(OC(F)(F)F)c(NCCN3CCCCC3)c2)C(=O)N1Cc1ccncc1. The van der Waals surface area contributed by atoms with Gasteiger partial charge in [0, 0.05) is 32.0 Å². The molecule has 0 saturated carbocycles. The first-order valence-electron chi connectivity index (χ1n) is 12.0. The van der Waals surface area contributed by atoms with Crippen molar-refractivity contribution in [1.29, 1.82) is 0 Å². The van der Waals surface area contributed by atoms with Crippen molar-refractivity contribution < 1.29 is 27.5 Å². The summed E-state index contributed by atoms with van der Waals surface area (Å²) in [6, 6.07) is 6.74. The lowest BCUT2D eigenvalue weighted by Crippen LogP contribution is -2.43. The Bertz CT molecular complexity index is 1090. The Hall–Kier alpha value is -3.34. The maximum atomic E-state index is 13.4. The van der Waals surface area contributed by atoms with E-state index in [-0.39, 0.29) is 17.9 Å². The molecule has 0 bridgehead atoms. The third-order valence-electron chi connectivity index (χ3n) is 6.55. The molecule has 0 radical (unpaired) electrons. The number of hydrogen-bond donors (Lipinski definition) is 1. The van der Waals surface area contributed by atoms with Crippen LogP contribution in [0.4, 0.5) is 29.3 Å². The summed E-state index contributed by atoms with van der Waals surface area (Å²) in [5, 5.41) is 3.01. The van der Waals surface area contributed by atoms with E-state index in [0.29, 0.717) is 13.1 Å². The molecule has 0 aliphatic carbocycles. The third kappa shape index (κ3) is 5.72. The topological polar surface area (TPSA) is 78.0 Å². The molecule has 1 aromatic carbocycles. The first kappa shape index (κ1) is 25.7. The van der Waals surface area contributed by atoms with Crippen LogP contribution in [0.3, 0.4) is 0 Å². The summed E-state index contributed by atoms with van der Waals surface area (Å²) in [5.41, 5.74) is -0.114. The average Bonchev–Trinajstić information content (AvgIpc) is 3.00. The lowest BCUT2D eigenvalue weighted by atomic mass is 10.0. The van der Waals surface area contributed by atoms with Crippen LogP contribution in [-0.2, 0) is 11.3 Å². The predicted molar refractivity (Wildman–Crippen MR) is 129 cm³/mol. The average molecular weight is 506 g/mol. The molecular formula is C25H30F3N5O3. The van der Waals surface area contributed by atoms with Crippen LogP contribution in [0, 0.1) is 0 Å². The van der Waals surface area contributed by atoms with Crippen molar-refractivity contribution in [2.75, 3.05) is 36.4 Å². The molecule has 2 aliphatic rings. The number of carbonyl (C=O) groups is 2. The van der Waals surface area contributed by atoms with E-state index in [1.165, 1.54) is 23.5 Å². The number of aromatic nitrogens is 1. The molecule has 8 nitrogen and oxygen atoms in total. The third-order valence-corrected chi connectivity index (χ3v) is 6.55. The van der Waals surface area contributed by atoms with Crippen LogP contribution < -0.4 is 15.0 Å². The number of amides is 3. The standard InChI is InChI=1S/C25H30F3N5O3/c1-24(2)22(34)33(23(35)32(24)17-18-8-10-29-11-9-18)19-6-7-21(36-25(26,27)28)20(16-19)30-12-15-31-13-4-3-5-14-31/h6-11,16,30H,3-5,12-15,17H2,1-2H3. The van der Waals surface area contributed by atoms with E-state index in [1.807, 2.05) is 0 Å². The smallest absolute Gasteiger partial charge is 0.404 e. The van der Waals surface area contributed by atoms with Crippen LogP contribution >= 0.6 is 0 Å². The number of anilines is 2. The van der Waals surface area contributed by atoms with Crippen LogP contribution in [0.15, 0.2) is 42.7 Å². The van der Waals surface area contributed by atoms with Crippen LogP contribution in [0.5, 0.6) is 5.75 Å². The fraction of sp³-hybridized carbons (Fsp3) is 0.480. The molecule has 0 spiro atoms. The lowest BCUT2D eigenvalue weighted by Gasteiger charge is -2.27. The van der Waals surface area contributed by atoms with Gasteiger partial charge in [0.1, 0.15) is 5.54 Å². The highest BCUT2D eigenvalue weighted by molar-refractivity contribution is 6.23. The number of urea groups is 1. The molecule has 0 unspecified atom stereocenters. The largest absolute Gasteiger partial charge is 0.573 e. The molecule has 3 heterocycles. The van der Waals surface area contributed by atoms with E-state index in [2.05, 4.69) is 19.9 Å². The van der Waals surface area contributed by atoms with Crippen molar-refractivity contribution in [3.63, 3.8) is 0 Å². The molecular weight excluding hydrogens is 475 g/mol. The molecule has 4 rings (SSSR count). The number of benzene rings is 1. The molecule has 11 heteroatoms. The Kier molecular flexibility index (Phi) is 7.39. The second kappa shape index (κ2) is 10.3. The Morgan fingerprint density at radius 3 is 2.42 bits per heavy atom. The van der Waals surface area contributed by atoms with E-state index in [4.69, 9.17) is 0 Å². The molecule has 0 atom stereocenters. The van der Waals surface area contributed by atoms with Crippen molar-refractivity contribution in [2.45, 2.75) is 51.6 Å². The van der Waals surface area contributed by atoms with E-state index in [1.54, 1.807) is 38.4 Å². The molecule has 194 valence electrons. The summed E-state index contributed by atoms with van der Waals surface area (Å²) in [4.78, 5) is 35.3. The molecule has 2 aliphatic heterocycles. The number of piperidine rings is 1. The number of pyridine rings is 1. The number of nitrogens with one attached hydrogen (secondary N) is 1. The number of ether oxygens (including phenoxy) is 1. The summed E-state index contributed by atoms with van der Waals surface area (Å²) in [7, 11) is 0. The van der Waals surface area contributed by atoms with Gasteiger partial charge < -0.3 is 19.9 Å². The second-order valence-electron chi connectivity index (χ2n) is 9.48. The molecule has 2 fully saturated rings. The van der Waals surface area contributed by atoms with Crippen molar-refractivity contribution in [3.05, 3.63) is 48.3 Å². The Morgan fingerprint density at radius 2 is 1.75 bits per heavy atom. The summed E-state index contributed by atoms with van der Waals surface area (Å²) < 4.78 is 43.3. The minimum absolute atomic E-state index is 0.0628. The fourth-order valence-electron chi connectivity index (χ4n) is 4.54. The summed E-state index contributed by atoms with van der Waals surface area (Å²) in [6.45, 7) is 6.43. The minimum Gasteiger partial charge on any atom is -0.404 e. The van der Waals surface area contributed by atoms with Gasteiger partial charge in [-0.05, 0) is 75.7 Å². The molecule has 2 aromatic rings. The van der Waals surface area contributed by atoms with Crippen molar-refractivity contribution >= 4 is 23.3 Å². The summed E-state index contributed by atoms with van der Waals surface area (Å²) in [5.74, 6) is -0.887. The number of alkyl halides is 3. The first-order chi connectivity index (χ1) is 17.1. The van der Waals surface area contributed by atoms with Crippen molar-refractivity contribution in [1.82, 2.24) is 14.8 Å². The highest BCUT2D eigenvalue weighted by Gasteiger charge is 2.51. The van der Waals surface area contributed by atoms with E-state index in [9.17, 15) is 22.8 Å². The number of halogens is 3. The number of imide groups is 1.